The minimum atomic E-state index is 0.0329. The van der Waals surface area contributed by atoms with E-state index in [1.165, 1.54) is 11.1 Å². The monoisotopic (exact) mass is 398 g/mol. The summed E-state index contributed by atoms with van der Waals surface area (Å²) >= 11 is 0. The fourth-order valence-electron chi connectivity index (χ4n) is 4.71. The van der Waals surface area contributed by atoms with Crippen molar-refractivity contribution in [3.8, 4) is 34.1 Å². The third-order valence-electron chi connectivity index (χ3n) is 5.92. The van der Waals surface area contributed by atoms with E-state index in [1.807, 2.05) is 36.4 Å². The van der Waals surface area contributed by atoms with Crippen molar-refractivity contribution >= 4 is 10.8 Å². The summed E-state index contributed by atoms with van der Waals surface area (Å²) in [4.78, 5) is 0. The molecule has 30 heavy (non-hydrogen) atoms. The summed E-state index contributed by atoms with van der Waals surface area (Å²) < 4.78 is 17.0. The van der Waals surface area contributed by atoms with Crippen molar-refractivity contribution < 1.29 is 19.3 Å². The number of phenolic OH excluding ortho intramolecular Hbond substituents is 1. The first-order valence-electron chi connectivity index (χ1n) is 9.82. The molecule has 1 N–H and O–H groups in total. The number of fused-ring (bicyclic) bond motifs is 5. The van der Waals surface area contributed by atoms with Crippen LogP contribution >= 0.6 is 0 Å². The standard InChI is InChI=1S/C26H22O4/c1-28-21-14-18-20(27)13-19-22(15-9-5-4-6-10-15)16-11-7-8-12-17(16)23(19)24(18)26(30-3)25(21)29-2/h4-14,22,27H,1-3H3. The zero-order valence-electron chi connectivity index (χ0n) is 17.1. The minimum absolute atomic E-state index is 0.0329. The van der Waals surface area contributed by atoms with Crippen molar-refractivity contribution in [3.05, 3.63) is 83.4 Å². The van der Waals surface area contributed by atoms with E-state index in [9.17, 15) is 5.11 Å². The highest BCUT2D eigenvalue weighted by Gasteiger charge is 2.34. The first-order valence-corrected chi connectivity index (χ1v) is 9.82. The van der Waals surface area contributed by atoms with E-state index in [0.29, 0.717) is 22.6 Å². The quantitative estimate of drug-likeness (QED) is 0.420. The molecule has 0 spiro atoms. The van der Waals surface area contributed by atoms with Crippen LogP contribution in [0.4, 0.5) is 0 Å². The van der Waals surface area contributed by atoms with Crippen LogP contribution in [0.25, 0.3) is 21.9 Å². The van der Waals surface area contributed by atoms with Gasteiger partial charge in [-0.05, 0) is 39.9 Å². The van der Waals surface area contributed by atoms with Gasteiger partial charge in [0.2, 0.25) is 5.75 Å². The highest BCUT2D eigenvalue weighted by Crippen LogP contribution is 2.57. The lowest BCUT2D eigenvalue weighted by Crippen LogP contribution is -2.00. The summed E-state index contributed by atoms with van der Waals surface area (Å²) in [5.41, 5.74) is 5.64. The fraction of sp³-hybridized carbons (Fsp3) is 0.154. The molecule has 0 aliphatic heterocycles. The number of methoxy groups -OCH3 is 3. The average Bonchev–Trinajstić information content (AvgIpc) is 3.12. The molecule has 4 heteroatoms. The number of hydrogen-bond donors (Lipinski definition) is 1. The molecule has 1 aliphatic carbocycles. The number of benzene rings is 4. The number of hydrogen-bond acceptors (Lipinski definition) is 4. The van der Waals surface area contributed by atoms with Gasteiger partial charge in [0.25, 0.3) is 0 Å². The molecule has 0 amide bonds. The maximum Gasteiger partial charge on any atom is 0.203 e. The van der Waals surface area contributed by atoms with Gasteiger partial charge in [-0.15, -0.1) is 0 Å². The third kappa shape index (κ3) is 2.47. The highest BCUT2D eigenvalue weighted by molar-refractivity contribution is 6.10. The van der Waals surface area contributed by atoms with Crippen LogP contribution in [0.5, 0.6) is 23.0 Å². The molecule has 0 saturated heterocycles. The second kappa shape index (κ2) is 6.99. The average molecular weight is 398 g/mol. The molecule has 1 unspecified atom stereocenters. The molecule has 0 heterocycles. The third-order valence-corrected chi connectivity index (χ3v) is 5.92. The van der Waals surface area contributed by atoms with Crippen molar-refractivity contribution in [2.75, 3.05) is 21.3 Å². The van der Waals surface area contributed by atoms with Crippen LogP contribution in [0, 0.1) is 0 Å². The summed E-state index contributed by atoms with van der Waals surface area (Å²) in [6.07, 6.45) is 0. The van der Waals surface area contributed by atoms with Crippen molar-refractivity contribution in [1.82, 2.24) is 0 Å². The Morgan fingerprint density at radius 2 is 1.43 bits per heavy atom. The van der Waals surface area contributed by atoms with Gasteiger partial charge in [-0.2, -0.15) is 0 Å². The van der Waals surface area contributed by atoms with Crippen molar-refractivity contribution in [2.45, 2.75) is 5.92 Å². The number of rotatable bonds is 4. The molecule has 1 atom stereocenters. The molecule has 5 rings (SSSR count). The summed E-state index contributed by atoms with van der Waals surface area (Å²) in [6.45, 7) is 0. The van der Waals surface area contributed by atoms with E-state index < -0.39 is 0 Å². The predicted molar refractivity (Wildman–Crippen MR) is 118 cm³/mol. The lowest BCUT2D eigenvalue weighted by atomic mass is 9.88. The Hall–Kier alpha value is -3.66. The molecular weight excluding hydrogens is 376 g/mol. The molecule has 0 fully saturated rings. The van der Waals surface area contributed by atoms with Crippen LogP contribution in [-0.4, -0.2) is 26.4 Å². The van der Waals surface area contributed by atoms with Crippen molar-refractivity contribution in [3.63, 3.8) is 0 Å². The van der Waals surface area contributed by atoms with Gasteiger partial charge in [0.15, 0.2) is 11.5 Å². The van der Waals surface area contributed by atoms with Crippen molar-refractivity contribution in [2.24, 2.45) is 0 Å². The van der Waals surface area contributed by atoms with Gasteiger partial charge in [0.1, 0.15) is 5.75 Å². The fourth-order valence-corrected chi connectivity index (χ4v) is 4.71. The molecule has 0 aromatic heterocycles. The topological polar surface area (TPSA) is 47.9 Å². The Kier molecular flexibility index (Phi) is 4.28. The summed E-state index contributed by atoms with van der Waals surface area (Å²) in [5.74, 6) is 1.81. The minimum Gasteiger partial charge on any atom is -0.507 e. The maximum atomic E-state index is 11.0. The SMILES string of the molecule is COc1cc2c(O)cc3c(c2c(OC)c1OC)-c1ccccc1C3c1ccccc1. The molecule has 4 nitrogen and oxygen atoms in total. The first-order chi connectivity index (χ1) is 14.7. The molecule has 0 bridgehead atoms. The number of phenols is 1. The van der Waals surface area contributed by atoms with Crippen LogP contribution in [0.1, 0.15) is 22.6 Å². The molecule has 0 radical (unpaired) electrons. The van der Waals surface area contributed by atoms with E-state index >= 15 is 0 Å². The summed E-state index contributed by atoms with van der Waals surface area (Å²) in [5, 5.41) is 12.5. The van der Waals surface area contributed by atoms with E-state index in [1.54, 1.807) is 21.3 Å². The van der Waals surface area contributed by atoms with E-state index in [0.717, 1.165) is 22.1 Å². The normalized spacial score (nSPS) is 14.3. The van der Waals surface area contributed by atoms with E-state index in [4.69, 9.17) is 14.2 Å². The largest absolute Gasteiger partial charge is 0.507 e. The Balaban J connectivity index is 1.95. The van der Waals surface area contributed by atoms with Crippen LogP contribution in [0.3, 0.4) is 0 Å². The maximum absolute atomic E-state index is 11.0. The molecule has 4 aromatic carbocycles. The number of ether oxygens (including phenoxy) is 3. The molecule has 150 valence electrons. The first kappa shape index (κ1) is 18.4. The highest BCUT2D eigenvalue weighted by atomic mass is 16.5. The van der Waals surface area contributed by atoms with Gasteiger partial charge < -0.3 is 19.3 Å². The Bertz CT molecular complexity index is 1260. The molecule has 4 aromatic rings. The van der Waals surface area contributed by atoms with Crippen LogP contribution < -0.4 is 14.2 Å². The predicted octanol–water partition coefficient (Wildman–Crippen LogP) is 5.73. The van der Waals surface area contributed by atoms with E-state index in [2.05, 4.69) is 30.3 Å². The van der Waals surface area contributed by atoms with Gasteiger partial charge in [0, 0.05) is 16.7 Å². The Labute approximate surface area is 175 Å². The van der Waals surface area contributed by atoms with Gasteiger partial charge in [-0.25, -0.2) is 0 Å². The second-order valence-corrected chi connectivity index (χ2v) is 7.36. The summed E-state index contributed by atoms with van der Waals surface area (Å²) in [6, 6.07) is 22.4. The lowest BCUT2D eigenvalue weighted by Gasteiger charge is -2.19. The molecule has 1 aliphatic rings. The second-order valence-electron chi connectivity index (χ2n) is 7.36. The van der Waals surface area contributed by atoms with Crippen LogP contribution in [-0.2, 0) is 0 Å². The van der Waals surface area contributed by atoms with Gasteiger partial charge >= 0.3 is 0 Å². The smallest absolute Gasteiger partial charge is 0.203 e. The van der Waals surface area contributed by atoms with Gasteiger partial charge in [-0.1, -0.05) is 54.6 Å². The lowest BCUT2D eigenvalue weighted by molar-refractivity contribution is 0.327. The summed E-state index contributed by atoms with van der Waals surface area (Å²) in [7, 11) is 4.78. The molecular formula is C26H22O4. The Morgan fingerprint density at radius 3 is 2.13 bits per heavy atom. The zero-order valence-corrected chi connectivity index (χ0v) is 17.1. The Morgan fingerprint density at radius 1 is 0.733 bits per heavy atom. The number of aromatic hydroxyl groups is 1. The van der Waals surface area contributed by atoms with Gasteiger partial charge in [0.05, 0.1) is 21.3 Å². The van der Waals surface area contributed by atoms with Gasteiger partial charge in [-0.3, -0.25) is 0 Å². The zero-order chi connectivity index (χ0) is 20.8. The molecule has 0 saturated carbocycles. The van der Waals surface area contributed by atoms with E-state index in [-0.39, 0.29) is 11.7 Å². The van der Waals surface area contributed by atoms with Crippen LogP contribution in [0.2, 0.25) is 0 Å². The van der Waals surface area contributed by atoms with Crippen LogP contribution in [0.15, 0.2) is 66.7 Å². The van der Waals surface area contributed by atoms with Crippen molar-refractivity contribution in [1.29, 1.82) is 0 Å².